The Balaban J connectivity index is 1.48. The molecule has 3 saturated carbocycles. The van der Waals surface area contributed by atoms with Gasteiger partial charge in [-0.15, -0.1) is 0 Å². The summed E-state index contributed by atoms with van der Waals surface area (Å²) < 4.78 is 30.6. The lowest BCUT2D eigenvalue weighted by atomic mass is 9.43. The Morgan fingerprint density at radius 2 is 1.77 bits per heavy atom. The summed E-state index contributed by atoms with van der Waals surface area (Å²) in [4.78, 5) is 66.4. The highest BCUT2D eigenvalue weighted by Crippen LogP contribution is 2.70. The monoisotopic (exact) mass is 484 g/mol. The van der Waals surface area contributed by atoms with E-state index in [1.54, 1.807) is 0 Å². The smallest absolute Gasteiger partial charge is 0.338 e. The zero-order chi connectivity index (χ0) is 24.9. The molecule has 5 fully saturated rings. The maximum absolute atomic E-state index is 13.7. The fourth-order valence-electron chi connectivity index (χ4n) is 7.90. The van der Waals surface area contributed by atoms with Crippen LogP contribution in [0.4, 0.5) is 4.39 Å². The fraction of sp³-hybridized carbons (Fsp3) is 0.577. The van der Waals surface area contributed by atoms with E-state index in [0.717, 1.165) is 12.1 Å². The third-order valence-electron chi connectivity index (χ3n) is 9.29. The van der Waals surface area contributed by atoms with Crippen LogP contribution in [0.15, 0.2) is 24.3 Å². The van der Waals surface area contributed by atoms with Crippen molar-refractivity contribution in [3.63, 3.8) is 0 Å². The number of fused-ring (bicyclic) bond motifs is 1. The number of carbonyl (C=O) groups excluding carboxylic acids is 5. The Labute approximate surface area is 200 Å². The lowest BCUT2D eigenvalue weighted by molar-refractivity contribution is -0.244. The van der Waals surface area contributed by atoms with E-state index in [9.17, 15) is 28.4 Å². The normalized spacial score (nSPS) is 40.8. The highest BCUT2D eigenvalue weighted by atomic mass is 19.1. The fourth-order valence-corrected chi connectivity index (χ4v) is 7.90. The summed E-state index contributed by atoms with van der Waals surface area (Å²) in [5.74, 6) is -6.70. The molecule has 2 aliphatic heterocycles. The standard InChI is InChI=1S/C26H25FO8/c1-24(2)10-9-16-25(11-33-22(31)18(24)25)15-8-7-14-17(28)19(29)26(15,23(32)34-16)20(14)35-21(30)12-3-5-13(27)6-4-12/h3-6,14-16,18,20H,7-11H2,1-2H3/t14-,15-,16-,18+,20+,25+,26-/m0/s1. The van der Waals surface area contributed by atoms with Gasteiger partial charge in [-0.05, 0) is 61.3 Å². The molecule has 2 bridgehead atoms. The quantitative estimate of drug-likeness (QED) is 0.272. The van der Waals surface area contributed by atoms with Gasteiger partial charge in [-0.3, -0.25) is 19.2 Å². The van der Waals surface area contributed by atoms with E-state index >= 15 is 0 Å². The number of ether oxygens (including phenoxy) is 3. The number of ketones is 2. The number of Topliss-reactive ketones (excluding diaryl/α,β-unsaturated/α-hetero) is 2. The van der Waals surface area contributed by atoms with Crippen LogP contribution in [-0.2, 0) is 33.4 Å². The Morgan fingerprint density at radius 3 is 2.49 bits per heavy atom. The molecule has 35 heavy (non-hydrogen) atoms. The average molecular weight is 484 g/mol. The minimum absolute atomic E-state index is 0.0188. The molecule has 2 heterocycles. The maximum Gasteiger partial charge on any atom is 0.338 e. The Kier molecular flexibility index (Phi) is 4.46. The molecule has 9 heteroatoms. The molecule has 184 valence electrons. The number of rotatable bonds is 2. The molecular weight excluding hydrogens is 459 g/mol. The summed E-state index contributed by atoms with van der Waals surface area (Å²) in [5.41, 5.74) is -3.46. The second-order valence-corrected chi connectivity index (χ2v) is 11.2. The van der Waals surface area contributed by atoms with Crippen molar-refractivity contribution in [1.82, 2.24) is 0 Å². The second-order valence-electron chi connectivity index (χ2n) is 11.2. The first-order valence-corrected chi connectivity index (χ1v) is 12.0. The van der Waals surface area contributed by atoms with E-state index < -0.39 is 81.5 Å². The molecular formula is C26H25FO8. The van der Waals surface area contributed by atoms with Crippen molar-refractivity contribution in [3.8, 4) is 0 Å². The van der Waals surface area contributed by atoms with Gasteiger partial charge in [0.1, 0.15) is 24.6 Å². The molecule has 3 aliphatic carbocycles. The molecule has 8 nitrogen and oxygen atoms in total. The minimum Gasteiger partial charge on any atom is -0.465 e. The predicted octanol–water partition coefficient (Wildman–Crippen LogP) is 2.42. The van der Waals surface area contributed by atoms with Gasteiger partial charge in [0.05, 0.1) is 22.8 Å². The van der Waals surface area contributed by atoms with Crippen LogP contribution in [0.25, 0.3) is 0 Å². The summed E-state index contributed by atoms with van der Waals surface area (Å²) in [6, 6.07) is 4.66. The number of halogens is 1. The van der Waals surface area contributed by atoms with Crippen LogP contribution in [0.2, 0.25) is 0 Å². The van der Waals surface area contributed by atoms with E-state index in [2.05, 4.69) is 0 Å². The van der Waals surface area contributed by atoms with Gasteiger partial charge in [0.15, 0.2) is 5.41 Å². The third-order valence-corrected chi connectivity index (χ3v) is 9.29. The zero-order valence-corrected chi connectivity index (χ0v) is 19.4. The van der Waals surface area contributed by atoms with E-state index in [4.69, 9.17) is 14.2 Å². The van der Waals surface area contributed by atoms with Crippen molar-refractivity contribution >= 4 is 29.5 Å². The Morgan fingerprint density at radius 1 is 1.06 bits per heavy atom. The molecule has 0 aromatic heterocycles. The lowest BCUT2D eigenvalue weighted by Crippen LogP contribution is -2.71. The van der Waals surface area contributed by atoms with Crippen molar-refractivity contribution < 1.29 is 42.6 Å². The summed E-state index contributed by atoms with van der Waals surface area (Å²) in [6.07, 6.45) is -0.288. The van der Waals surface area contributed by atoms with Crippen molar-refractivity contribution in [2.75, 3.05) is 6.61 Å². The SMILES string of the molecule is CC1(C)CC[C@@H]2OC(=O)[C@]34C(=O)C(=O)[C@H](CC[C@H]3[C@]23COC(=O)[C@H]13)[C@H]4OC(=O)c1ccc(F)cc1. The maximum atomic E-state index is 13.7. The number of benzene rings is 1. The van der Waals surface area contributed by atoms with Gasteiger partial charge in [0, 0.05) is 0 Å². The molecule has 2 saturated heterocycles. The molecule has 1 aromatic rings. The van der Waals surface area contributed by atoms with Gasteiger partial charge in [-0.2, -0.15) is 0 Å². The largest absolute Gasteiger partial charge is 0.465 e. The number of carbonyl (C=O) groups is 5. The highest BCUT2D eigenvalue weighted by Gasteiger charge is 2.82. The molecule has 2 spiro atoms. The second kappa shape index (κ2) is 6.98. The van der Waals surface area contributed by atoms with Gasteiger partial charge in [-0.1, -0.05) is 13.8 Å². The molecule has 0 N–H and O–H groups in total. The van der Waals surface area contributed by atoms with Gasteiger partial charge in [0.25, 0.3) is 0 Å². The average Bonchev–Trinajstić information content (AvgIpc) is 3.23. The molecule has 0 radical (unpaired) electrons. The third kappa shape index (κ3) is 2.59. The van der Waals surface area contributed by atoms with Crippen molar-refractivity contribution in [3.05, 3.63) is 35.6 Å². The zero-order valence-electron chi connectivity index (χ0n) is 19.4. The van der Waals surface area contributed by atoms with Crippen LogP contribution in [0.5, 0.6) is 0 Å². The van der Waals surface area contributed by atoms with E-state index in [0.29, 0.717) is 19.3 Å². The van der Waals surface area contributed by atoms with E-state index in [1.807, 2.05) is 13.8 Å². The van der Waals surface area contributed by atoms with Crippen molar-refractivity contribution in [2.24, 2.45) is 34.0 Å². The van der Waals surface area contributed by atoms with Gasteiger partial charge < -0.3 is 14.2 Å². The van der Waals surface area contributed by atoms with E-state index in [1.165, 1.54) is 12.1 Å². The van der Waals surface area contributed by atoms with Gasteiger partial charge in [-0.25, -0.2) is 9.18 Å². The Bertz CT molecular complexity index is 1190. The summed E-state index contributed by atoms with van der Waals surface area (Å²) in [5, 5.41) is 0. The molecule has 0 amide bonds. The topological polar surface area (TPSA) is 113 Å². The number of hydrogen-bond donors (Lipinski definition) is 0. The van der Waals surface area contributed by atoms with Gasteiger partial charge >= 0.3 is 17.9 Å². The van der Waals surface area contributed by atoms with Crippen molar-refractivity contribution in [1.29, 1.82) is 0 Å². The van der Waals surface area contributed by atoms with Crippen LogP contribution in [-0.4, -0.2) is 48.3 Å². The first-order chi connectivity index (χ1) is 16.5. The van der Waals surface area contributed by atoms with Crippen LogP contribution in [0.3, 0.4) is 0 Å². The highest BCUT2D eigenvalue weighted by molar-refractivity contribution is 6.46. The number of hydrogen-bond acceptors (Lipinski definition) is 8. The molecule has 0 unspecified atom stereocenters. The summed E-state index contributed by atoms with van der Waals surface area (Å²) in [6.45, 7) is 3.91. The Hall–Kier alpha value is -3.10. The van der Waals surface area contributed by atoms with Crippen LogP contribution in [0.1, 0.15) is 49.9 Å². The minimum atomic E-state index is -2.02. The van der Waals surface area contributed by atoms with Crippen LogP contribution >= 0.6 is 0 Å². The lowest BCUT2D eigenvalue weighted by Gasteiger charge is -2.61. The van der Waals surface area contributed by atoms with Crippen LogP contribution < -0.4 is 0 Å². The molecule has 1 aromatic carbocycles. The number of esters is 3. The molecule has 7 atom stereocenters. The van der Waals surface area contributed by atoms with E-state index in [-0.39, 0.29) is 18.6 Å². The predicted molar refractivity (Wildman–Crippen MR) is 114 cm³/mol. The number of cyclic esters (lactones) is 1. The van der Waals surface area contributed by atoms with Crippen molar-refractivity contribution in [2.45, 2.75) is 51.7 Å². The first kappa shape index (κ1) is 22.4. The van der Waals surface area contributed by atoms with Crippen LogP contribution in [0, 0.1) is 39.8 Å². The molecule has 5 aliphatic rings. The van der Waals surface area contributed by atoms with Gasteiger partial charge in [0.2, 0.25) is 11.6 Å². The molecule has 6 rings (SSSR count). The summed E-state index contributed by atoms with van der Waals surface area (Å²) >= 11 is 0. The first-order valence-electron chi connectivity index (χ1n) is 12.0. The summed E-state index contributed by atoms with van der Waals surface area (Å²) in [7, 11) is 0.